The average Bonchev–Trinajstić information content (AvgIpc) is 3.43. The lowest BCUT2D eigenvalue weighted by molar-refractivity contribution is -0.167. The molecule has 0 aliphatic heterocycles. The molecular formula is C27H24F3N5O3S2. The van der Waals surface area contributed by atoms with Gasteiger partial charge in [-0.05, 0) is 36.8 Å². The Labute approximate surface area is 235 Å². The van der Waals surface area contributed by atoms with Gasteiger partial charge in [-0.2, -0.15) is 24.9 Å². The lowest BCUT2D eigenvalue weighted by Crippen LogP contribution is -2.46. The molecule has 2 aromatic heterocycles. The van der Waals surface area contributed by atoms with Crippen molar-refractivity contribution in [1.29, 1.82) is 0 Å². The highest BCUT2D eigenvalue weighted by Crippen LogP contribution is 2.23. The van der Waals surface area contributed by atoms with E-state index in [9.17, 15) is 27.6 Å². The number of nitrogens with zero attached hydrogens (tertiary/aromatic N) is 3. The number of benzene rings is 2. The minimum absolute atomic E-state index is 0.134. The van der Waals surface area contributed by atoms with Crippen LogP contribution < -0.4 is 10.6 Å². The fourth-order valence-corrected chi connectivity index (χ4v) is 5.34. The first-order chi connectivity index (χ1) is 19.2. The lowest BCUT2D eigenvalue weighted by atomic mass is 10.1. The third-order valence-electron chi connectivity index (χ3n) is 5.70. The van der Waals surface area contributed by atoms with Crippen molar-refractivity contribution in [3.63, 3.8) is 0 Å². The van der Waals surface area contributed by atoms with Crippen molar-refractivity contribution in [3.8, 4) is 10.6 Å². The molecule has 0 radical (unpaired) electrons. The minimum Gasteiger partial charge on any atom is -0.349 e. The van der Waals surface area contributed by atoms with Gasteiger partial charge in [0, 0.05) is 28.9 Å². The molecule has 1 atom stereocenters. The molecule has 0 spiro atoms. The van der Waals surface area contributed by atoms with Gasteiger partial charge >= 0.3 is 6.18 Å². The van der Waals surface area contributed by atoms with Gasteiger partial charge < -0.3 is 10.6 Å². The van der Waals surface area contributed by atoms with Gasteiger partial charge in [0.15, 0.2) is 0 Å². The summed E-state index contributed by atoms with van der Waals surface area (Å²) in [6.45, 7) is 0.134. The van der Waals surface area contributed by atoms with Crippen molar-refractivity contribution in [2.24, 2.45) is 0 Å². The molecule has 0 aliphatic carbocycles. The van der Waals surface area contributed by atoms with E-state index in [0.29, 0.717) is 23.1 Å². The van der Waals surface area contributed by atoms with Crippen molar-refractivity contribution < 1.29 is 27.6 Å². The molecule has 4 rings (SSSR count). The second-order valence-corrected chi connectivity index (χ2v) is 10.6. The Morgan fingerprint density at radius 2 is 1.75 bits per heavy atom. The first-order valence-electron chi connectivity index (χ1n) is 12.2. The van der Waals surface area contributed by atoms with Crippen LogP contribution in [-0.4, -0.2) is 56.3 Å². The third kappa shape index (κ3) is 8.09. The number of carbonyl (C=O) groups is 3. The first kappa shape index (κ1) is 29.2. The van der Waals surface area contributed by atoms with Gasteiger partial charge in [0.1, 0.15) is 11.0 Å². The van der Waals surface area contributed by atoms with Crippen LogP contribution in [0.1, 0.15) is 28.9 Å². The predicted molar refractivity (Wildman–Crippen MR) is 148 cm³/mol. The molecule has 0 bridgehead atoms. The number of Topliss-reactive ketones (excluding diaryl/α,β-unsaturated/α-hetero) is 1. The van der Waals surface area contributed by atoms with Crippen LogP contribution in [0.3, 0.4) is 0 Å². The summed E-state index contributed by atoms with van der Waals surface area (Å²) in [5.74, 6) is -3.26. The van der Waals surface area contributed by atoms with Gasteiger partial charge in [0.05, 0.1) is 29.0 Å². The number of carbonyl (C=O) groups excluding carboxylic acids is 3. The van der Waals surface area contributed by atoms with Crippen molar-refractivity contribution in [1.82, 2.24) is 25.6 Å². The van der Waals surface area contributed by atoms with E-state index in [2.05, 4.69) is 25.6 Å². The fraction of sp³-hybridized carbons (Fsp3) is 0.259. The monoisotopic (exact) mass is 587 g/mol. The molecule has 2 N–H and O–H groups in total. The van der Waals surface area contributed by atoms with Gasteiger partial charge in [0.2, 0.25) is 11.7 Å². The Kier molecular flexibility index (Phi) is 9.83. The summed E-state index contributed by atoms with van der Waals surface area (Å²) in [6, 6.07) is 13.4. The van der Waals surface area contributed by atoms with Gasteiger partial charge in [-0.25, -0.2) is 4.98 Å². The van der Waals surface area contributed by atoms with Crippen LogP contribution in [0.2, 0.25) is 0 Å². The molecule has 0 unspecified atom stereocenters. The zero-order valence-corrected chi connectivity index (χ0v) is 22.6. The second-order valence-electron chi connectivity index (χ2n) is 8.63. The van der Waals surface area contributed by atoms with E-state index >= 15 is 0 Å². The van der Waals surface area contributed by atoms with Crippen LogP contribution in [0.4, 0.5) is 13.2 Å². The number of halogens is 3. The normalized spacial score (nSPS) is 12.2. The number of rotatable bonds is 12. The summed E-state index contributed by atoms with van der Waals surface area (Å²) in [5.41, 5.74) is 3.01. The van der Waals surface area contributed by atoms with Crippen LogP contribution in [0.25, 0.3) is 21.6 Å². The van der Waals surface area contributed by atoms with Gasteiger partial charge in [-0.1, -0.05) is 30.3 Å². The average molecular weight is 588 g/mol. The second kappa shape index (κ2) is 13.5. The molecule has 4 aromatic rings. The number of hydrogen-bond donors (Lipinski definition) is 2. The molecule has 0 saturated carbocycles. The van der Waals surface area contributed by atoms with Gasteiger partial charge in [-0.3, -0.25) is 24.4 Å². The number of alkyl halides is 3. The SMILES string of the molecule is O=C(N[C@@H](CCCSCC(=O)C(F)(F)F)C(=O)NCc1csc(-c2ccccc2)n1)c1ccc2nccnc2c1. The predicted octanol–water partition coefficient (Wildman–Crippen LogP) is 4.81. The summed E-state index contributed by atoms with van der Waals surface area (Å²) in [4.78, 5) is 50.1. The number of nitrogens with one attached hydrogen (secondary N) is 2. The summed E-state index contributed by atoms with van der Waals surface area (Å²) in [5, 5.41) is 8.14. The Morgan fingerprint density at radius 1 is 1.00 bits per heavy atom. The molecule has 0 aliphatic rings. The maximum Gasteiger partial charge on any atom is 0.450 e. The molecular weight excluding hydrogens is 563 g/mol. The molecule has 0 fully saturated rings. The standard InChI is InChI=1S/C27H24F3N5O3S2/c28-27(29,30)23(36)16-39-12-4-7-21(35-24(37)18-8-9-20-22(13-18)32-11-10-31-20)25(38)33-14-19-15-40-26(34-19)17-5-2-1-3-6-17/h1-3,5-6,8-11,13,15,21H,4,7,12,14,16H2,(H,33,38)(H,35,37)/t21-/m0/s1. The van der Waals surface area contributed by atoms with Crippen LogP contribution in [0.5, 0.6) is 0 Å². The zero-order valence-electron chi connectivity index (χ0n) is 21.0. The third-order valence-corrected chi connectivity index (χ3v) is 7.68. The highest BCUT2D eigenvalue weighted by Gasteiger charge is 2.37. The van der Waals surface area contributed by atoms with Crippen LogP contribution in [-0.2, 0) is 16.1 Å². The molecule has 208 valence electrons. The van der Waals surface area contributed by atoms with E-state index in [0.717, 1.165) is 22.3 Å². The highest BCUT2D eigenvalue weighted by molar-refractivity contribution is 7.99. The Balaban J connectivity index is 1.38. The van der Waals surface area contributed by atoms with Gasteiger partial charge in [0.25, 0.3) is 5.91 Å². The number of aromatic nitrogens is 3. The maximum atomic E-state index is 13.1. The summed E-state index contributed by atoms with van der Waals surface area (Å²) < 4.78 is 37.3. The van der Waals surface area contributed by atoms with E-state index in [-0.39, 0.29) is 24.3 Å². The first-order valence-corrected chi connectivity index (χ1v) is 14.2. The zero-order chi connectivity index (χ0) is 28.5. The van der Waals surface area contributed by atoms with E-state index < -0.39 is 35.6 Å². The number of ketones is 1. The van der Waals surface area contributed by atoms with Crippen molar-refractivity contribution in [3.05, 3.63) is 77.6 Å². The van der Waals surface area contributed by atoms with Crippen molar-refractivity contribution in [2.75, 3.05) is 11.5 Å². The number of thiazole rings is 1. The Bertz CT molecular complexity index is 1480. The lowest BCUT2D eigenvalue weighted by Gasteiger charge is -2.18. The molecule has 2 heterocycles. The quantitative estimate of drug-likeness (QED) is 0.229. The van der Waals surface area contributed by atoms with E-state index in [4.69, 9.17) is 0 Å². The largest absolute Gasteiger partial charge is 0.450 e. The molecule has 2 amide bonds. The summed E-state index contributed by atoms with van der Waals surface area (Å²) in [6.07, 6.45) is -1.38. The highest BCUT2D eigenvalue weighted by atomic mass is 32.2. The smallest absolute Gasteiger partial charge is 0.349 e. The molecule has 40 heavy (non-hydrogen) atoms. The van der Waals surface area contributed by atoms with Crippen LogP contribution in [0, 0.1) is 0 Å². The van der Waals surface area contributed by atoms with E-state index in [1.807, 2.05) is 35.7 Å². The van der Waals surface area contributed by atoms with E-state index in [1.54, 1.807) is 18.2 Å². The molecule has 13 heteroatoms. The number of hydrogen-bond acceptors (Lipinski definition) is 8. The summed E-state index contributed by atoms with van der Waals surface area (Å²) >= 11 is 2.27. The van der Waals surface area contributed by atoms with Crippen molar-refractivity contribution >= 4 is 51.7 Å². The minimum atomic E-state index is -4.87. The number of amides is 2. The Hall–Kier alpha value is -3.84. The Morgan fingerprint density at radius 3 is 2.50 bits per heavy atom. The molecule has 2 aromatic carbocycles. The maximum absolute atomic E-state index is 13.1. The molecule has 8 nitrogen and oxygen atoms in total. The fourth-order valence-electron chi connectivity index (χ4n) is 3.65. The topological polar surface area (TPSA) is 114 Å². The van der Waals surface area contributed by atoms with Crippen LogP contribution in [0.15, 0.2) is 66.3 Å². The van der Waals surface area contributed by atoms with Gasteiger partial charge in [-0.15, -0.1) is 11.3 Å². The van der Waals surface area contributed by atoms with Crippen molar-refractivity contribution in [2.45, 2.75) is 31.6 Å². The number of fused-ring (bicyclic) bond motifs is 1. The summed E-state index contributed by atoms with van der Waals surface area (Å²) in [7, 11) is 0. The van der Waals surface area contributed by atoms with E-state index in [1.165, 1.54) is 23.7 Å². The molecule has 0 saturated heterocycles. The number of thioether (sulfide) groups is 1. The van der Waals surface area contributed by atoms with Crippen LogP contribution >= 0.6 is 23.1 Å².